The summed E-state index contributed by atoms with van der Waals surface area (Å²) >= 11 is 1.76. The van der Waals surface area contributed by atoms with Crippen molar-refractivity contribution in [1.82, 2.24) is 10.6 Å². The number of nitrogens with zero attached hydrogens (tertiary/aromatic N) is 1. The van der Waals surface area contributed by atoms with E-state index in [9.17, 15) is 0 Å². The first kappa shape index (κ1) is 14.4. The molecule has 19 heavy (non-hydrogen) atoms. The van der Waals surface area contributed by atoms with Crippen LogP contribution >= 0.6 is 11.3 Å². The van der Waals surface area contributed by atoms with E-state index in [0.29, 0.717) is 5.92 Å². The highest BCUT2D eigenvalue weighted by Crippen LogP contribution is 2.31. The summed E-state index contributed by atoms with van der Waals surface area (Å²) in [5.74, 6) is 2.43. The molecule has 1 saturated carbocycles. The largest absolute Gasteiger partial charge is 0.357 e. The quantitative estimate of drug-likeness (QED) is 0.594. The third kappa shape index (κ3) is 5.23. The molecule has 0 bridgehead atoms. The molecule has 0 spiro atoms. The summed E-state index contributed by atoms with van der Waals surface area (Å²) in [6.07, 6.45) is 4.12. The summed E-state index contributed by atoms with van der Waals surface area (Å²) < 4.78 is 0. The zero-order valence-electron chi connectivity index (χ0n) is 12.0. The number of guanidine groups is 1. The minimum Gasteiger partial charge on any atom is -0.357 e. The highest BCUT2D eigenvalue weighted by atomic mass is 32.1. The van der Waals surface area contributed by atoms with E-state index in [2.05, 4.69) is 46.3 Å². The Balaban J connectivity index is 1.77. The lowest BCUT2D eigenvalue weighted by atomic mass is 10.1. The first-order chi connectivity index (χ1) is 9.29. The lowest BCUT2D eigenvalue weighted by Gasteiger charge is -2.12. The minimum atomic E-state index is 0.491. The lowest BCUT2D eigenvalue weighted by molar-refractivity contribution is 0.680. The maximum Gasteiger partial charge on any atom is 0.191 e. The van der Waals surface area contributed by atoms with Crippen LogP contribution in [0.4, 0.5) is 0 Å². The third-order valence-corrected chi connectivity index (χ3v) is 4.22. The second-order valence-corrected chi connectivity index (χ2v) is 6.12. The van der Waals surface area contributed by atoms with Crippen LogP contribution < -0.4 is 10.6 Å². The molecule has 1 atom stereocenters. The fourth-order valence-electron chi connectivity index (χ4n) is 2.03. The van der Waals surface area contributed by atoms with E-state index < -0.39 is 0 Å². The number of nitrogens with one attached hydrogen (secondary N) is 2. The Labute approximate surface area is 120 Å². The van der Waals surface area contributed by atoms with Gasteiger partial charge < -0.3 is 10.6 Å². The van der Waals surface area contributed by atoms with Crippen molar-refractivity contribution in [3.8, 4) is 0 Å². The SMILES string of the molecule is CCNC(=NCC(C)c1ccsc1)NCCC1CC1. The Kier molecular flexibility index (Phi) is 5.70. The van der Waals surface area contributed by atoms with Crippen molar-refractivity contribution in [2.24, 2.45) is 10.9 Å². The predicted octanol–water partition coefficient (Wildman–Crippen LogP) is 3.21. The van der Waals surface area contributed by atoms with Crippen molar-refractivity contribution in [2.75, 3.05) is 19.6 Å². The molecular weight excluding hydrogens is 254 g/mol. The Hall–Kier alpha value is -1.03. The van der Waals surface area contributed by atoms with E-state index in [4.69, 9.17) is 0 Å². The van der Waals surface area contributed by atoms with Gasteiger partial charge in [-0.1, -0.05) is 19.8 Å². The van der Waals surface area contributed by atoms with E-state index in [1.807, 2.05) is 0 Å². The molecule has 1 aromatic rings. The van der Waals surface area contributed by atoms with Crippen molar-refractivity contribution >= 4 is 17.3 Å². The minimum absolute atomic E-state index is 0.491. The van der Waals surface area contributed by atoms with Gasteiger partial charge in [0.05, 0.1) is 0 Å². The molecule has 0 saturated heterocycles. The molecule has 1 heterocycles. The molecule has 0 aliphatic heterocycles. The standard InChI is InChI=1S/C15H25N3S/c1-3-16-15(17-8-6-13-4-5-13)18-10-12(2)14-7-9-19-11-14/h7,9,11-13H,3-6,8,10H2,1-2H3,(H2,16,17,18). The van der Waals surface area contributed by atoms with Crippen LogP contribution in [-0.4, -0.2) is 25.6 Å². The molecule has 1 unspecified atom stereocenters. The smallest absolute Gasteiger partial charge is 0.191 e. The number of rotatable bonds is 7. The van der Waals surface area contributed by atoms with Gasteiger partial charge in [-0.15, -0.1) is 0 Å². The van der Waals surface area contributed by atoms with E-state index in [0.717, 1.165) is 31.5 Å². The van der Waals surface area contributed by atoms with Gasteiger partial charge in [-0.25, -0.2) is 0 Å². The van der Waals surface area contributed by atoms with Crippen molar-refractivity contribution in [3.63, 3.8) is 0 Å². The summed E-state index contributed by atoms with van der Waals surface area (Å²) in [5.41, 5.74) is 1.39. The monoisotopic (exact) mass is 279 g/mol. The average molecular weight is 279 g/mol. The molecule has 106 valence electrons. The maximum atomic E-state index is 4.69. The molecule has 1 aliphatic carbocycles. The van der Waals surface area contributed by atoms with Gasteiger partial charge in [0.1, 0.15) is 0 Å². The molecule has 3 nitrogen and oxygen atoms in total. The summed E-state index contributed by atoms with van der Waals surface area (Å²) in [4.78, 5) is 4.69. The lowest BCUT2D eigenvalue weighted by Crippen LogP contribution is -2.38. The van der Waals surface area contributed by atoms with Gasteiger partial charge >= 0.3 is 0 Å². The molecule has 2 rings (SSSR count). The van der Waals surface area contributed by atoms with Crippen LogP contribution in [0.15, 0.2) is 21.8 Å². The van der Waals surface area contributed by atoms with Crippen LogP contribution in [0, 0.1) is 5.92 Å². The van der Waals surface area contributed by atoms with Gasteiger partial charge in [-0.2, -0.15) is 11.3 Å². The third-order valence-electron chi connectivity index (χ3n) is 3.52. The van der Waals surface area contributed by atoms with Crippen LogP contribution in [0.2, 0.25) is 0 Å². The predicted molar refractivity (Wildman–Crippen MR) is 84.1 cm³/mol. The van der Waals surface area contributed by atoms with Crippen LogP contribution in [0.3, 0.4) is 0 Å². The zero-order chi connectivity index (χ0) is 13.5. The normalized spacial score (nSPS) is 17.3. The number of hydrogen-bond acceptors (Lipinski definition) is 2. The van der Waals surface area contributed by atoms with Crippen LogP contribution in [0.1, 0.15) is 44.6 Å². The molecule has 0 amide bonds. The second-order valence-electron chi connectivity index (χ2n) is 5.34. The molecule has 4 heteroatoms. The first-order valence-corrected chi connectivity index (χ1v) is 8.28. The van der Waals surface area contributed by atoms with E-state index in [1.54, 1.807) is 11.3 Å². The van der Waals surface area contributed by atoms with Gasteiger partial charge in [0.15, 0.2) is 5.96 Å². The van der Waals surface area contributed by atoms with Gasteiger partial charge in [0.25, 0.3) is 0 Å². The van der Waals surface area contributed by atoms with Crippen LogP contribution in [0.25, 0.3) is 0 Å². The highest BCUT2D eigenvalue weighted by molar-refractivity contribution is 7.07. The Morgan fingerprint density at radius 1 is 1.47 bits per heavy atom. The topological polar surface area (TPSA) is 36.4 Å². The van der Waals surface area contributed by atoms with Gasteiger partial charge in [-0.05, 0) is 41.7 Å². The van der Waals surface area contributed by atoms with E-state index in [-0.39, 0.29) is 0 Å². The first-order valence-electron chi connectivity index (χ1n) is 7.34. The maximum absolute atomic E-state index is 4.69. The number of aliphatic imine (C=N–C) groups is 1. The van der Waals surface area contributed by atoms with E-state index >= 15 is 0 Å². The molecular formula is C15H25N3S. The molecule has 0 radical (unpaired) electrons. The van der Waals surface area contributed by atoms with Gasteiger partial charge in [0, 0.05) is 25.6 Å². The molecule has 0 aromatic carbocycles. The molecule has 2 N–H and O–H groups in total. The molecule has 1 aromatic heterocycles. The Morgan fingerprint density at radius 3 is 2.95 bits per heavy atom. The number of hydrogen-bond donors (Lipinski definition) is 2. The number of thiophene rings is 1. The van der Waals surface area contributed by atoms with Gasteiger partial charge in [0.2, 0.25) is 0 Å². The molecule has 1 aliphatic rings. The fraction of sp³-hybridized carbons (Fsp3) is 0.667. The summed E-state index contributed by atoms with van der Waals surface area (Å²) in [6.45, 7) is 7.15. The van der Waals surface area contributed by atoms with Crippen molar-refractivity contribution < 1.29 is 0 Å². The molecule has 1 fully saturated rings. The zero-order valence-corrected chi connectivity index (χ0v) is 12.8. The van der Waals surface area contributed by atoms with Crippen molar-refractivity contribution in [3.05, 3.63) is 22.4 Å². The Bertz CT molecular complexity index is 382. The van der Waals surface area contributed by atoms with Gasteiger partial charge in [-0.3, -0.25) is 4.99 Å². The highest BCUT2D eigenvalue weighted by Gasteiger charge is 2.20. The fourth-order valence-corrected chi connectivity index (χ4v) is 2.81. The van der Waals surface area contributed by atoms with Crippen LogP contribution in [-0.2, 0) is 0 Å². The Morgan fingerprint density at radius 2 is 2.32 bits per heavy atom. The summed E-state index contributed by atoms with van der Waals surface area (Å²) in [7, 11) is 0. The summed E-state index contributed by atoms with van der Waals surface area (Å²) in [6, 6.07) is 2.19. The van der Waals surface area contributed by atoms with Crippen molar-refractivity contribution in [1.29, 1.82) is 0 Å². The summed E-state index contributed by atoms with van der Waals surface area (Å²) in [5, 5.41) is 11.1. The second kappa shape index (κ2) is 7.53. The average Bonchev–Trinajstić information content (AvgIpc) is 3.06. The van der Waals surface area contributed by atoms with Crippen LogP contribution in [0.5, 0.6) is 0 Å². The van der Waals surface area contributed by atoms with Crippen molar-refractivity contribution in [2.45, 2.75) is 39.0 Å². The van der Waals surface area contributed by atoms with E-state index in [1.165, 1.54) is 24.8 Å².